The Morgan fingerprint density at radius 3 is 2.78 bits per heavy atom. The molecule has 96 valence electrons. The highest BCUT2D eigenvalue weighted by molar-refractivity contribution is 7.09. The molecule has 1 nitrogen and oxygen atoms in total. The molecule has 0 bridgehead atoms. The van der Waals surface area contributed by atoms with Gasteiger partial charge in [-0.1, -0.05) is 19.9 Å². The maximum absolute atomic E-state index is 13.5. The lowest BCUT2D eigenvalue weighted by molar-refractivity contribution is 0.574. The van der Waals surface area contributed by atoms with Gasteiger partial charge in [0.15, 0.2) is 0 Å². The van der Waals surface area contributed by atoms with E-state index in [1.54, 1.807) is 0 Å². The molecule has 4 heteroatoms. The van der Waals surface area contributed by atoms with Crippen LogP contribution >= 0.6 is 11.3 Å². The first-order valence-electron chi connectivity index (χ1n) is 5.98. The lowest BCUT2D eigenvalue weighted by atomic mass is 10.1. The summed E-state index contributed by atoms with van der Waals surface area (Å²) in [5.41, 5.74) is 1.54. The summed E-state index contributed by atoms with van der Waals surface area (Å²) in [5.74, 6) is -0.626. The summed E-state index contributed by atoms with van der Waals surface area (Å²) in [6.07, 6.45) is 1.46. The van der Waals surface area contributed by atoms with Crippen LogP contribution in [0.4, 0.5) is 8.78 Å². The second-order valence-corrected chi connectivity index (χ2v) is 5.33. The van der Waals surface area contributed by atoms with E-state index in [1.165, 1.54) is 23.5 Å². The molecule has 1 heterocycles. The molecule has 1 aromatic carbocycles. The van der Waals surface area contributed by atoms with Gasteiger partial charge in [-0.3, -0.25) is 0 Å². The molecule has 1 atom stereocenters. The van der Waals surface area contributed by atoms with E-state index in [-0.39, 0.29) is 0 Å². The quantitative estimate of drug-likeness (QED) is 0.793. The van der Waals surface area contributed by atoms with E-state index in [0.29, 0.717) is 17.9 Å². The first-order chi connectivity index (χ1) is 8.60. The van der Waals surface area contributed by atoms with Crippen molar-refractivity contribution in [1.82, 2.24) is 4.98 Å². The van der Waals surface area contributed by atoms with Crippen LogP contribution in [-0.2, 0) is 6.42 Å². The van der Waals surface area contributed by atoms with E-state index in [1.807, 2.05) is 5.38 Å². The van der Waals surface area contributed by atoms with Gasteiger partial charge in [0.05, 0.1) is 10.7 Å². The highest BCUT2D eigenvalue weighted by Crippen LogP contribution is 2.23. The summed E-state index contributed by atoms with van der Waals surface area (Å²) < 4.78 is 26.3. The third-order valence-electron chi connectivity index (χ3n) is 3.04. The third-order valence-corrected chi connectivity index (χ3v) is 3.91. The van der Waals surface area contributed by atoms with Crippen LogP contribution in [0.15, 0.2) is 23.6 Å². The third kappa shape index (κ3) is 2.93. The first kappa shape index (κ1) is 13.1. The van der Waals surface area contributed by atoms with Crippen molar-refractivity contribution in [3.8, 4) is 0 Å². The summed E-state index contributed by atoms with van der Waals surface area (Å²) in [6.45, 7) is 4.24. The van der Waals surface area contributed by atoms with Crippen LogP contribution in [0, 0.1) is 11.6 Å². The molecule has 0 aliphatic heterocycles. The lowest BCUT2D eigenvalue weighted by Crippen LogP contribution is -1.95. The predicted molar refractivity (Wildman–Crippen MR) is 70.0 cm³/mol. The van der Waals surface area contributed by atoms with Crippen LogP contribution in [0.3, 0.4) is 0 Å². The number of aromatic nitrogens is 1. The fourth-order valence-electron chi connectivity index (χ4n) is 1.67. The number of hydrogen-bond donors (Lipinski definition) is 0. The molecule has 2 rings (SSSR count). The highest BCUT2D eigenvalue weighted by Gasteiger charge is 2.11. The van der Waals surface area contributed by atoms with E-state index in [4.69, 9.17) is 0 Å². The summed E-state index contributed by atoms with van der Waals surface area (Å²) in [6, 6.07) is 3.68. The van der Waals surface area contributed by atoms with Crippen molar-refractivity contribution in [2.75, 3.05) is 0 Å². The molecule has 0 saturated carbocycles. The van der Waals surface area contributed by atoms with Crippen molar-refractivity contribution in [1.29, 1.82) is 0 Å². The SMILES string of the molecule is CCC(C)c1csc(Cc2ccc(F)cc2F)n1. The zero-order valence-corrected chi connectivity index (χ0v) is 11.2. The molecule has 18 heavy (non-hydrogen) atoms. The van der Waals surface area contributed by atoms with E-state index in [2.05, 4.69) is 18.8 Å². The van der Waals surface area contributed by atoms with Gasteiger partial charge in [-0.15, -0.1) is 11.3 Å². The second kappa shape index (κ2) is 5.57. The number of benzene rings is 1. The van der Waals surface area contributed by atoms with Crippen LogP contribution < -0.4 is 0 Å². The van der Waals surface area contributed by atoms with Gasteiger partial charge in [-0.2, -0.15) is 0 Å². The zero-order valence-electron chi connectivity index (χ0n) is 10.4. The van der Waals surface area contributed by atoms with Crippen LogP contribution in [0.25, 0.3) is 0 Å². The summed E-state index contributed by atoms with van der Waals surface area (Å²) in [4.78, 5) is 4.50. The minimum absolute atomic E-state index is 0.424. The Hall–Kier alpha value is -1.29. The average molecular weight is 267 g/mol. The Morgan fingerprint density at radius 2 is 2.11 bits per heavy atom. The molecular formula is C14H15F2NS. The second-order valence-electron chi connectivity index (χ2n) is 4.39. The van der Waals surface area contributed by atoms with E-state index in [0.717, 1.165) is 23.2 Å². The first-order valence-corrected chi connectivity index (χ1v) is 6.86. The number of halogens is 2. The van der Waals surface area contributed by atoms with Crippen molar-refractivity contribution in [2.45, 2.75) is 32.6 Å². The smallest absolute Gasteiger partial charge is 0.129 e. The summed E-state index contributed by atoms with van der Waals surface area (Å²) in [7, 11) is 0. The fraction of sp³-hybridized carbons (Fsp3) is 0.357. The zero-order chi connectivity index (χ0) is 13.1. The van der Waals surface area contributed by atoms with Crippen LogP contribution in [0.5, 0.6) is 0 Å². The predicted octanol–water partition coefficient (Wildman–Crippen LogP) is 4.53. The van der Waals surface area contributed by atoms with Crippen molar-refractivity contribution >= 4 is 11.3 Å². The molecule has 1 unspecified atom stereocenters. The Morgan fingerprint density at radius 1 is 1.33 bits per heavy atom. The summed E-state index contributed by atoms with van der Waals surface area (Å²) in [5, 5.41) is 2.89. The van der Waals surface area contributed by atoms with Gasteiger partial charge in [0, 0.05) is 17.9 Å². The number of rotatable bonds is 4. The molecule has 0 aliphatic carbocycles. The van der Waals surface area contributed by atoms with Gasteiger partial charge in [-0.25, -0.2) is 13.8 Å². The fourth-order valence-corrected chi connectivity index (χ4v) is 2.61. The molecule has 0 aliphatic rings. The van der Waals surface area contributed by atoms with Gasteiger partial charge in [0.1, 0.15) is 11.6 Å². The number of nitrogens with zero attached hydrogens (tertiary/aromatic N) is 1. The molecule has 0 radical (unpaired) electrons. The number of hydrogen-bond acceptors (Lipinski definition) is 2. The lowest BCUT2D eigenvalue weighted by Gasteiger charge is -2.03. The summed E-state index contributed by atoms with van der Waals surface area (Å²) >= 11 is 1.53. The molecule has 0 N–H and O–H groups in total. The minimum Gasteiger partial charge on any atom is -0.246 e. The Balaban J connectivity index is 2.16. The van der Waals surface area contributed by atoms with Crippen LogP contribution in [-0.4, -0.2) is 4.98 Å². The van der Waals surface area contributed by atoms with E-state index < -0.39 is 11.6 Å². The van der Waals surface area contributed by atoms with Crippen molar-refractivity contribution in [3.63, 3.8) is 0 Å². The highest BCUT2D eigenvalue weighted by atomic mass is 32.1. The molecule has 0 spiro atoms. The topological polar surface area (TPSA) is 12.9 Å². The monoisotopic (exact) mass is 267 g/mol. The molecule has 0 fully saturated rings. The molecule has 0 amide bonds. The van der Waals surface area contributed by atoms with Gasteiger partial charge >= 0.3 is 0 Å². The largest absolute Gasteiger partial charge is 0.246 e. The molecule has 0 saturated heterocycles. The molecular weight excluding hydrogens is 252 g/mol. The van der Waals surface area contributed by atoms with Crippen molar-refractivity contribution in [2.24, 2.45) is 0 Å². The average Bonchev–Trinajstić information content (AvgIpc) is 2.80. The van der Waals surface area contributed by atoms with Crippen LogP contribution in [0.1, 0.15) is 42.5 Å². The Labute approximate surface area is 110 Å². The molecule has 2 aromatic rings. The van der Waals surface area contributed by atoms with Crippen molar-refractivity contribution in [3.05, 3.63) is 51.5 Å². The molecule has 1 aromatic heterocycles. The van der Waals surface area contributed by atoms with Gasteiger partial charge in [-0.05, 0) is 24.0 Å². The number of thiazole rings is 1. The van der Waals surface area contributed by atoms with E-state index in [9.17, 15) is 8.78 Å². The maximum atomic E-state index is 13.5. The maximum Gasteiger partial charge on any atom is 0.129 e. The van der Waals surface area contributed by atoms with Crippen molar-refractivity contribution < 1.29 is 8.78 Å². The minimum atomic E-state index is -0.546. The van der Waals surface area contributed by atoms with Gasteiger partial charge < -0.3 is 0 Å². The standard InChI is InChI=1S/C14H15F2NS/c1-3-9(2)13-8-18-14(17-13)6-10-4-5-11(15)7-12(10)16/h4-5,7-9H,3,6H2,1-2H3. The van der Waals surface area contributed by atoms with Crippen LogP contribution in [0.2, 0.25) is 0 Å². The Bertz CT molecular complexity index is 536. The Kier molecular flexibility index (Phi) is 4.07. The van der Waals surface area contributed by atoms with Gasteiger partial charge in [0.25, 0.3) is 0 Å². The van der Waals surface area contributed by atoms with Gasteiger partial charge in [0.2, 0.25) is 0 Å². The normalized spacial score (nSPS) is 12.7. The van der Waals surface area contributed by atoms with E-state index >= 15 is 0 Å².